The fourth-order valence-electron chi connectivity index (χ4n) is 4.18. The van der Waals surface area contributed by atoms with E-state index >= 15 is 0 Å². The molecule has 0 saturated heterocycles. The molecule has 0 bridgehead atoms. The Labute approximate surface area is 146 Å². The topological polar surface area (TPSA) is 33.3 Å². The van der Waals surface area contributed by atoms with E-state index in [1.54, 1.807) is 0 Å². The predicted octanol–water partition coefficient (Wildman–Crippen LogP) is 4.28. The monoisotopic (exact) mass is 328 g/mol. The van der Waals surface area contributed by atoms with Gasteiger partial charge in [-0.1, -0.05) is 43.7 Å². The lowest BCUT2D eigenvalue weighted by atomic mass is 9.94. The maximum Gasteiger partial charge on any atom is 0.109 e. The van der Waals surface area contributed by atoms with Crippen molar-refractivity contribution < 1.29 is 4.74 Å². The van der Waals surface area contributed by atoms with Gasteiger partial charge in [-0.15, -0.1) is 0 Å². The van der Waals surface area contributed by atoms with Gasteiger partial charge in [0.1, 0.15) is 5.76 Å². The van der Waals surface area contributed by atoms with Crippen molar-refractivity contribution in [2.75, 3.05) is 7.05 Å². The molecule has 0 atom stereocenters. The van der Waals surface area contributed by atoms with Gasteiger partial charge in [0.05, 0.1) is 11.6 Å². The van der Waals surface area contributed by atoms with Crippen molar-refractivity contribution in [3.05, 3.63) is 47.7 Å². The molecule has 0 spiro atoms. The number of nitrogens with one attached hydrogen (secondary N) is 2. The third-order valence-electron chi connectivity index (χ3n) is 5.61. The van der Waals surface area contributed by atoms with Gasteiger partial charge in [0, 0.05) is 13.1 Å². The Morgan fingerprint density at radius 1 is 1.12 bits per heavy atom. The summed E-state index contributed by atoms with van der Waals surface area (Å²) in [4.78, 5) is 0. The predicted molar refractivity (Wildman–Crippen MR) is 99.7 cm³/mol. The van der Waals surface area contributed by atoms with Crippen molar-refractivity contribution in [1.29, 1.82) is 0 Å². The Morgan fingerprint density at radius 2 is 1.79 bits per heavy atom. The minimum atomic E-state index is -0.0262. The Morgan fingerprint density at radius 3 is 2.46 bits per heavy atom. The SMILES string of the molecule is C=C(OC1CCCC1)C1(NCc2cccc(CNC)c2)CCCC1. The van der Waals surface area contributed by atoms with Crippen molar-refractivity contribution in [2.45, 2.75) is 76.1 Å². The van der Waals surface area contributed by atoms with Crippen LogP contribution in [0.2, 0.25) is 0 Å². The van der Waals surface area contributed by atoms with Gasteiger partial charge < -0.3 is 15.4 Å². The lowest BCUT2D eigenvalue weighted by Crippen LogP contribution is -2.45. The molecule has 2 fully saturated rings. The van der Waals surface area contributed by atoms with Gasteiger partial charge in [-0.05, 0) is 56.7 Å². The van der Waals surface area contributed by atoms with E-state index < -0.39 is 0 Å². The highest BCUT2D eigenvalue weighted by Gasteiger charge is 2.38. The average molecular weight is 329 g/mol. The van der Waals surface area contributed by atoms with Crippen LogP contribution in [0.25, 0.3) is 0 Å². The highest BCUT2D eigenvalue weighted by molar-refractivity contribution is 5.24. The van der Waals surface area contributed by atoms with E-state index in [0.717, 1.165) is 31.7 Å². The van der Waals surface area contributed by atoms with Crippen LogP contribution in [0.5, 0.6) is 0 Å². The van der Waals surface area contributed by atoms with Gasteiger partial charge in [-0.2, -0.15) is 0 Å². The summed E-state index contributed by atoms with van der Waals surface area (Å²) in [5.41, 5.74) is 2.64. The summed E-state index contributed by atoms with van der Waals surface area (Å²) in [6.07, 6.45) is 10.2. The van der Waals surface area contributed by atoms with E-state index in [1.165, 1.54) is 49.7 Å². The number of hydrogen-bond acceptors (Lipinski definition) is 3. The zero-order chi connectivity index (χ0) is 16.8. The van der Waals surface area contributed by atoms with Crippen molar-refractivity contribution in [3.63, 3.8) is 0 Å². The summed E-state index contributed by atoms with van der Waals surface area (Å²) in [6, 6.07) is 8.81. The molecule has 2 aliphatic carbocycles. The number of rotatable bonds is 8. The van der Waals surface area contributed by atoms with E-state index in [9.17, 15) is 0 Å². The summed E-state index contributed by atoms with van der Waals surface area (Å²) < 4.78 is 6.28. The van der Waals surface area contributed by atoms with Gasteiger partial charge in [0.25, 0.3) is 0 Å². The maximum absolute atomic E-state index is 6.28. The van der Waals surface area contributed by atoms with Crippen LogP contribution in [0.4, 0.5) is 0 Å². The second-order valence-electron chi connectivity index (χ2n) is 7.44. The van der Waals surface area contributed by atoms with Gasteiger partial charge in [-0.3, -0.25) is 0 Å². The first-order chi connectivity index (χ1) is 11.7. The number of benzene rings is 1. The van der Waals surface area contributed by atoms with Crippen molar-refractivity contribution in [1.82, 2.24) is 10.6 Å². The summed E-state index contributed by atoms with van der Waals surface area (Å²) in [7, 11) is 1.99. The van der Waals surface area contributed by atoms with Gasteiger partial charge in [0.2, 0.25) is 0 Å². The molecule has 0 amide bonds. The Bertz CT molecular complexity index is 543. The zero-order valence-corrected chi connectivity index (χ0v) is 15.1. The van der Waals surface area contributed by atoms with Gasteiger partial charge in [-0.25, -0.2) is 0 Å². The molecular weight excluding hydrogens is 296 g/mol. The second kappa shape index (κ2) is 8.17. The first kappa shape index (κ1) is 17.5. The fourth-order valence-corrected chi connectivity index (χ4v) is 4.18. The molecule has 3 rings (SSSR count). The molecule has 0 heterocycles. The number of hydrogen-bond donors (Lipinski definition) is 2. The van der Waals surface area contributed by atoms with E-state index in [1.807, 2.05) is 7.05 Å². The summed E-state index contributed by atoms with van der Waals surface area (Å²) in [6.45, 7) is 6.13. The van der Waals surface area contributed by atoms with Gasteiger partial charge >= 0.3 is 0 Å². The van der Waals surface area contributed by atoms with Crippen LogP contribution in [-0.4, -0.2) is 18.7 Å². The zero-order valence-electron chi connectivity index (χ0n) is 15.1. The van der Waals surface area contributed by atoms with Gasteiger partial charge in [0.15, 0.2) is 0 Å². The maximum atomic E-state index is 6.28. The molecule has 0 radical (unpaired) electrons. The van der Waals surface area contributed by atoms with Crippen molar-refractivity contribution in [3.8, 4) is 0 Å². The minimum Gasteiger partial charge on any atom is -0.493 e. The van der Waals surface area contributed by atoms with E-state index in [-0.39, 0.29) is 5.54 Å². The molecule has 2 aliphatic rings. The molecule has 3 heteroatoms. The van der Waals surface area contributed by atoms with Crippen LogP contribution in [-0.2, 0) is 17.8 Å². The Balaban J connectivity index is 1.62. The first-order valence-corrected chi connectivity index (χ1v) is 9.55. The number of ether oxygens (including phenoxy) is 1. The highest BCUT2D eigenvalue weighted by Crippen LogP contribution is 2.38. The summed E-state index contributed by atoms with van der Waals surface area (Å²) in [5, 5.41) is 7.03. The largest absolute Gasteiger partial charge is 0.493 e. The lowest BCUT2D eigenvalue weighted by molar-refractivity contribution is 0.0806. The van der Waals surface area contributed by atoms with Crippen LogP contribution in [0.15, 0.2) is 36.6 Å². The van der Waals surface area contributed by atoms with Crippen molar-refractivity contribution in [2.24, 2.45) is 0 Å². The minimum absolute atomic E-state index is 0.0262. The molecule has 2 saturated carbocycles. The molecule has 2 N–H and O–H groups in total. The molecule has 132 valence electrons. The van der Waals surface area contributed by atoms with E-state index in [4.69, 9.17) is 4.74 Å². The fraction of sp³-hybridized carbons (Fsp3) is 0.619. The molecule has 0 unspecified atom stereocenters. The molecular formula is C21H32N2O. The molecule has 3 nitrogen and oxygen atoms in total. The normalized spacial score (nSPS) is 20.4. The average Bonchev–Trinajstić information content (AvgIpc) is 3.26. The molecule has 0 aliphatic heterocycles. The molecule has 1 aromatic rings. The molecule has 24 heavy (non-hydrogen) atoms. The third-order valence-corrected chi connectivity index (χ3v) is 5.61. The summed E-state index contributed by atoms with van der Waals surface area (Å²) >= 11 is 0. The van der Waals surface area contributed by atoms with Crippen LogP contribution in [0.1, 0.15) is 62.5 Å². The van der Waals surface area contributed by atoms with Crippen LogP contribution >= 0.6 is 0 Å². The van der Waals surface area contributed by atoms with E-state index in [2.05, 4.69) is 41.5 Å². The third kappa shape index (κ3) is 4.20. The highest BCUT2D eigenvalue weighted by atomic mass is 16.5. The molecule has 1 aromatic carbocycles. The van der Waals surface area contributed by atoms with Crippen LogP contribution < -0.4 is 10.6 Å². The Hall–Kier alpha value is -1.32. The standard InChI is InChI=1S/C21H32N2O/c1-17(24-20-10-3-4-11-20)21(12-5-6-13-21)23-16-19-9-7-8-18(14-19)15-22-2/h7-9,14,20,22-23H,1,3-6,10-13,15-16H2,2H3. The van der Waals surface area contributed by atoms with Crippen LogP contribution in [0.3, 0.4) is 0 Å². The quantitative estimate of drug-likeness (QED) is 0.699. The van der Waals surface area contributed by atoms with Crippen molar-refractivity contribution >= 4 is 0 Å². The molecule has 0 aromatic heterocycles. The van der Waals surface area contributed by atoms with Crippen LogP contribution in [0, 0.1) is 0 Å². The second-order valence-corrected chi connectivity index (χ2v) is 7.44. The summed E-state index contributed by atoms with van der Waals surface area (Å²) in [5.74, 6) is 0.985. The lowest BCUT2D eigenvalue weighted by Gasteiger charge is -2.34. The van der Waals surface area contributed by atoms with E-state index in [0.29, 0.717) is 6.10 Å². The smallest absolute Gasteiger partial charge is 0.109 e. The Kier molecular flexibility index (Phi) is 5.96. The first-order valence-electron chi connectivity index (χ1n) is 9.55.